The van der Waals surface area contributed by atoms with E-state index in [1.54, 1.807) is 17.5 Å². The topological polar surface area (TPSA) is 64.7 Å². The molecule has 1 aliphatic rings. The van der Waals surface area contributed by atoms with Crippen LogP contribution in [0.5, 0.6) is 0 Å². The zero-order valence-electron chi connectivity index (χ0n) is 9.43. The molecule has 3 heterocycles. The highest BCUT2D eigenvalue weighted by Gasteiger charge is 2.18. The summed E-state index contributed by atoms with van der Waals surface area (Å²) in [6, 6.07) is 0. The van der Waals surface area contributed by atoms with Gasteiger partial charge in [0.25, 0.3) is 0 Å². The zero-order valence-corrected chi connectivity index (χ0v) is 11.1. The second-order valence-corrected chi connectivity index (χ2v) is 6.10. The van der Waals surface area contributed by atoms with Crippen molar-refractivity contribution in [3.8, 4) is 10.6 Å². The first-order valence-electron chi connectivity index (χ1n) is 5.40. The molecule has 0 radical (unpaired) electrons. The SMILES string of the molecule is Cc1ncc(-c2nc3c(s2)CSCC3)c(N)n1. The van der Waals surface area contributed by atoms with Crippen molar-refractivity contribution in [2.45, 2.75) is 19.1 Å². The number of aryl methyl sites for hydroxylation is 2. The third-order valence-corrected chi connectivity index (χ3v) is 4.96. The highest BCUT2D eigenvalue weighted by atomic mass is 32.2. The van der Waals surface area contributed by atoms with Crippen molar-refractivity contribution in [1.82, 2.24) is 15.0 Å². The Bertz CT molecular complexity index is 541. The molecule has 0 saturated carbocycles. The molecular weight excluding hydrogens is 252 g/mol. The fraction of sp³-hybridized carbons (Fsp3) is 0.364. The number of hydrogen-bond acceptors (Lipinski definition) is 6. The van der Waals surface area contributed by atoms with Gasteiger partial charge in [0, 0.05) is 16.8 Å². The molecule has 0 unspecified atom stereocenters. The molecule has 0 bridgehead atoms. The molecule has 2 aromatic rings. The van der Waals surface area contributed by atoms with Gasteiger partial charge >= 0.3 is 0 Å². The normalized spacial score (nSPS) is 14.6. The Labute approximate surface area is 108 Å². The molecule has 4 nitrogen and oxygen atoms in total. The molecule has 2 N–H and O–H groups in total. The summed E-state index contributed by atoms with van der Waals surface area (Å²) in [5.41, 5.74) is 8.01. The molecule has 0 saturated heterocycles. The number of hydrogen-bond donors (Lipinski definition) is 1. The summed E-state index contributed by atoms with van der Waals surface area (Å²) in [7, 11) is 0. The minimum absolute atomic E-state index is 0.524. The zero-order chi connectivity index (χ0) is 11.8. The second kappa shape index (κ2) is 4.27. The maximum atomic E-state index is 5.92. The van der Waals surface area contributed by atoms with Gasteiger partial charge in [0.2, 0.25) is 0 Å². The van der Waals surface area contributed by atoms with Gasteiger partial charge in [0.15, 0.2) is 0 Å². The number of nitrogen functional groups attached to an aromatic ring is 1. The van der Waals surface area contributed by atoms with Gasteiger partial charge in [-0.1, -0.05) is 0 Å². The number of nitrogens with zero attached hydrogens (tertiary/aromatic N) is 3. The molecule has 2 aromatic heterocycles. The van der Waals surface area contributed by atoms with Gasteiger partial charge in [-0.2, -0.15) is 11.8 Å². The van der Waals surface area contributed by atoms with E-state index in [-0.39, 0.29) is 0 Å². The van der Waals surface area contributed by atoms with Crippen LogP contribution in [0.15, 0.2) is 6.20 Å². The molecule has 1 aliphatic heterocycles. The van der Waals surface area contributed by atoms with E-state index >= 15 is 0 Å². The van der Waals surface area contributed by atoms with Crippen molar-refractivity contribution in [2.75, 3.05) is 11.5 Å². The first kappa shape index (κ1) is 11.0. The van der Waals surface area contributed by atoms with E-state index in [1.165, 1.54) is 10.6 Å². The average molecular weight is 264 g/mol. The number of thioether (sulfide) groups is 1. The molecular formula is C11H12N4S2. The molecule has 6 heteroatoms. The number of aromatic nitrogens is 3. The van der Waals surface area contributed by atoms with Crippen molar-refractivity contribution in [1.29, 1.82) is 0 Å². The van der Waals surface area contributed by atoms with Crippen molar-refractivity contribution in [2.24, 2.45) is 0 Å². The van der Waals surface area contributed by atoms with Gasteiger partial charge in [0.1, 0.15) is 16.6 Å². The lowest BCUT2D eigenvalue weighted by atomic mass is 10.3. The summed E-state index contributed by atoms with van der Waals surface area (Å²) in [6.07, 6.45) is 2.83. The smallest absolute Gasteiger partial charge is 0.137 e. The van der Waals surface area contributed by atoms with Gasteiger partial charge in [-0.15, -0.1) is 11.3 Å². The van der Waals surface area contributed by atoms with Gasteiger partial charge in [-0.25, -0.2) is 15.0 Å². The van der Waals surface area contributed by atoms with Gasteiger partial charge in [-0.3, -0.25) is 0 Å². The lowest BCUT2D eigenvalue weighted by Gasteiger charge is -2.06. The predicted molar refractivity (Wildman–Crippen MR) is 72.2 cm³/mol. The third-order valence-electron chi connectivity index (χ3n) is 2.66. The summed E-state index contributed by atoms with van der Waals surface area (Å²) in [6.45, 7) is 1.84. The molecule has 0 amide bonds. The quantitative estimate of drug-likeness (QED) is 0.856. The number of anilines is 1. The van der Waals surface area contributed by atoms with Crippen LogP contribution in [0.25, 0.3) is 10.6 Å². The molecule has 0 aliphatic carbocycles. The monoisotopic (exact) mass is 264 g/mol. The Balaban J connectivity index is 2.06. The van der Waals surface area contributed by atoms with Gasteiger partial charge < -0.3 is 5.73 Å². The van der Waals surface area contributed by atoms with Crippen LogP contribution in [-0.2, 0) is 12.2 Å². The Morgan fingerprint density at radius 2 is 2.24 bits per heavy atom. The van der Waals surface area contributed by atoms with Crippen molar-refractivity contribution in [3.63, 3.8) is 0 Å². The average Bonchev–Trinajstić information content (AvgIpc) is 2.72. The van der Waals surface area contributed by atoms with E-state index in [4.69, 9.17) is 5.73 Å². The van der Waals surface area contributed by atoms with Crippen LogP contribution in [0.3, 0.4) is 0 Å². The fourth-order valence-corrected chi connectivity index (χ4v) is 4.03. The first-order chi connectivity index (χ1) is 8.24. The van der Waals surface area contributed by atoms with Gasteiger partial charge in [-0.05, 0) is 19.1 Å². The molecule has 17 heavy (non-hydrogen) atoms. The van der Waals surface area contributed by atoms with E-state index in [2.05, 4.69) is 15.0 Å². The number of fused-ring (bicyclic) bond motifs is 1. The standard InChI is InChI=1S/C11H12N4S2/c1-6-13-4-7(10(12)14-6)11-15-8-2-3-16-5-9(8)17-11/h4H,2-3,5H2,1H3,(H2,12,13,14). The molecule has 0 fully saturated rings. The molecule has 0 atom stereocenters. The third kappa shape index (κ3) is 2.02. The van der Waals surface area contributed by atoms with E-state index in [0.29, 0.717) is 11.6 Å². The minimum atomic E-state index is 0.524. The Morgan fingerprint density at radius 1 is 1.35 bits per heavy atom. The Morgan fingerprint density at radius 3 is 3.00 bits per heavy atom. The van der Waals surface area contributed by atoms with Crippen LogP contribution in [0, 0.1) is 6.92 Å². The highest BCUT2D eigenvalue weighted by molar-refractivity contribution is 7.98. The van der Waals surface area contributed by atoms with Crippen LogP contribution < -0.4 is 5.73 Å². The van der Waals surface area contributed by atoms with Gasteiger partial charge in [0.05, 0.1) is 11.3 Å². The second-order valence-electron chi connectivity index (χ2n) is 3.91. The van der Waals surface area contributed by atoms with Crippen LogP contribution in [-0.4, -0.2) is 20.7 Å². The largest absolute Gasteiger partial charge is 0.383 e. The summed E-state index contributed by atoms with van der Waals surface area (Å²) < 4.78 is 0. The summed E-state index contributed by atoms with van der Waals surface area (Å²) in [4.78, 5) is 14.4. The number of thiazole rings is 1. The van der Waals surface area contributed by atoms with E-state index in [1.807, 2.05) is 18.7 Å². The lowest BCUT2D eigenvalue weighted by molar-refractivity contribution is 1.03. The van der Waals surface area contributed by atoms with Crippen molar-refractivity contribution >= 4 is 28.9 Å². The molecule has 88 valence electrons. The molecule has 0 aromatic carbocycles. The van der Waals surface area contributed by atoms with Crippen LogP contribution >= 0.6 is 23.1 Å². The van der Waals surface area contributed by atoms with E-state index in [0.717, 1.165) is 28.5 Å². The maximum absolute atomic E-state index is 5.92. The van der Waals surface area contributed by atoms with Crippen LogP contribution in [0.4, 0.5) is 5.82 Å². The highest BCUT2D eigenvalue weighted by Crippen LogP contribution is 2.35. The number of nitrogens with two attached hydrogens (primary N) is 1. The Hall–Kier alpha value is -1.14. The van der Waals surface area contributed by atoms with E-state index in [9.17, 15) is 0 Å². The van der Waals surface area contributed by atoms with Crippen molar-refractivity contribution < 1.29 is 0 Å². The Kier molecular flexibility index (Phi) is 2.76. The summed E-state index contributed by atoms with van der Waals surface area (Å²) >= 11 is 3.68. The first-order valence-corrected chi connectivity index (χ1v) is 7.37. The number of rotatable bonds is 1. The maximum Gasteiger partial charge on any atom is 0.137 e. The molecule has 0 spiro atoms. The van der Waals surface area contributed by atoms with Crippen molar-refractivity contribution in [3.05, 3.63) is 22.6 Å². The predicted octanol–water partition coefficient (Wildman–Crippen LogP) is 2.28. The minimum Gasteiger partial charge on any atom is -0.383 e. The lowest BCUT2D eigenvalue weighted by Crippen LogP contribution is -2.00. The molecule has 3 rings (SSSR count). The summed E-state index contributed by atoms with van der Waals surface area (Å²) in [5, 5.41) is 0.954. The van der Waals surface area contributed by atoms with Crippen LogP contribution in [0.1, 0.15) is 16.4 Å². The summed E-state index contributed by atoms with van der Waals surface area (Å²) in [5.74, 6) is 3.45. The fourth-order valence-electron chi connectivity index (χ4n) is 1.79. The van der Waals surface area contributed by atoms with Crippen LogP contribution in [0.2, 0.25) is 0 Å². The van der Waals surface area contributed by atoms with E-state index < -0.39 is 0 Å².